The van der Waals surface area contributed by atoms with Crippen LogP contribution in [0.5, 0.6) is 17.2 Å². The van der Waals surface area contributed by atoms with Gasteiger partial charge in [-0.3, -0.25) is 4.79 Å². The third kappa shape index (κ3) is 7.56. The van der Waals surface area contributed by atoms with E-state index in [1.807, 2.05) is 6.92 Å². The van der Waals surface area contributed by atoms with Gasteiger partial charge in [-0.25, -0.2) is 0 Å². The highest BCUT2D eigenvalue weighted by molar-refractivity contribution is 5.91. The molecule has 0 aliphatic heterocycles. The number of carbonyl (C=O) groups is 1. The molecule has 29 heavy (non-hydrogen) atoms. The van der Waals surface area contributed by atoms with Gasteiger partial charge in [-0.2, -0.15) is 13.2 Å². The maximum absolute atomic E-state index is 13.0. The number of hydrogen-bond donors (Lipinski definition) is 1. The maximum atomic E-state index is 13.0. The van der Waals surface area contributed by atoms with Crippen LogP contribution in [-0.4, -0.2) is 25.7 Å². The van der Waals surface area contributed by atoms with E-state index in [0.717, 1.165) is 17.9 Å². The minimum absolute atomic E-state index is 0.0423. The Morgan fingerprint density at radius 2 is 1.48 bits per heavy atom. The fourth-order valence-electron chi connectivity index (χ4n) is 2.53. The summed E-state index contributed by atoms with van der Waals surface area (Å²) in [6.07, 6.45) is -4.01. The number of ether oxygens (including phenoxy) is 3. The molecule has 158 valence electrons. The molecule has 0 aliphatic carbocycles. The Morgan fingerprint density at radius 1 is 0.897 bits per heavy atom. The fourth-order valence-corrected chi connectivity index (χ4v) is 2.53. The second-order valence-electron chi connectivity index (χ2n) is 6.08. The van der Waals surface area contributed by atoms with E-state index >= 15 is 0 Å². The first-order chi connectivity index (χ1) is 13.8. The Labute approximate surface area is 167 Å². The molecule has 1 N–H and O–H groups in total. The molecule has 0 heterocycles. The molecule has 1 amide bonds. The maximum Gasteiger partial charge on any atom is 0.416 e. The van der Waals surface area contributed by atoms with E-state index in [1.54, 1.807) is 31.2 Å². The lowest BCUT2D eigenvalue weighted by atomic mass is 10.1. The third-order valence-corrected chi connectivity index (χ3v) is 3.78. The first kappa shape index (κ1) is 22.4. The molecular formula is C21H24F3NO4. The quantitative estimate of drug-likeness (QED) is 0.539. The molecule has 0 radical (unpaired) electrons. The monoisotopic (exact) mass is 411 g/mol. The number of nitrogens with one attached hydrogen (secondary N) is 1. The van der Waals surface area contributed by atoms with Gasteiger partial charge in [0.05, 0.1) is 25.4 Å². The van der Waals surface area contributed by atoms with Crippen molar-refractivity contribution in [3.8, 4) is 17.2 Å². The van der Waals surface area contributed by atoms with Crippen molar-refractivity contribution in [2.75, 3.05) is 25.1 Å². The van der Waals surface area contributed by atoms with Crippen LogP contribution in [0.3, 0.4) is 0 Å². The van der Waals surface area contributed by atoms with Crippen molar-refractivity contribution in [1.82, 2.24) is 0 Å². The molecule has 8 heteroatoms. The number of amides is 1. The van der Waals surface area contributed by atoms with Gasteiger partial charge in [-0.05, 0) is 56.7 Å². The average molecular weight is 411 g/mol. The van der Waals surface area contributed by atoms with Gasteiger partial charge in [0.2, 0.25) is 5.91 Å². The second-order valence-corrected chi connectivity index (χ2v) is 6.08. The Kier molecular flexibility index (Phi) is 8.18. The molecule has 5 nitrogen and oxygen atoms in total. The van der Waals surface area contributed by atoms with Crippen LogP contribution in [0.4, 0.5) is 18.9 Å². The summed E-state index contributed by atoms with van der Waals surface area (Å²) in [4.78, 5) is 12.1. The van der Waals surface area contributed by atoms with Crippen LogP contribution in [0.1, 0.15) is 32.3 Å². The Hall–Kier alpha value is -2.90. The number of carbonyl (C=O) groups excluding carboxylic acids is 1. The third-order valence-electron chi connectivity index (χ3n) is 3.78. The summed E-state index contributed by atoms with van der Waals surface area (Å²) < 4.78 is 55.1. The molecule has 0 atom stereocenters. The second kappa shape index (κ2) is 10.6. The summed E-state index contributed by atoms with van der Waals surface area (Å²) in [6.45, 7) is 4.66. The van der Waals surface area contributed by atoms with Gasteiger partial charge in [0.15, 0.2) is 0 Å². The molecule has 0 aromatic heterocycles. The van der Waals surface area contributed by atoms with Crippen LogP contribution in [0, 0.1) is 0 Å². The summed E-state index contributed by atoms with van der Waals surface area (Å²) in [5.74, 6) is 1.04. The zero-order valence-corrected chi connectivity index (χ0v) is 16.3. The SMILES string of the molecule is CCOc1ccc(OCCCC(=O)Nc2cc(OCC)cc(C(F)(F)F)c2)cc1. The number of halogens is 3. The lowest BCUT2D eigenvalue weighted by Gasteiger charge is -2.13. The standard InChI is InChI=1S/C21H24F3NO4/c1-3-27-17-7-9-18(10-8-17)29-11-5-6-20(26)25-16-12-15(21(22,23)24)13-19(14-16)28-4-2/h7-10,12-14H,3-6,11H2,1-2H3,(H,25,26). The van der Waals surface area contributed by atoms with E-state index in [2.05, 4.69) is 5.32 Å². The number of benzene rings is 2. The van der Waals surface area contributed by atoms with Crippen LogP contribution >= 0.6 is 0 Å². The zero-order chi connectivity index (χ0) is 21.3. The van der Waals surface area contributed by atoms with Crippen molar-refractivity contribution in [1.29, 1.82) is 0 Å². The van der Waals surface area contributed by atoms with Crippen LogP contribution in [0.15, 0.2) is 42.5 Å². The van der Waals surface area contributed by atoms with E-state index in [4.69, 9.17) is 14.2 Å². The van der Waals surface area contributed by atoms with Crippen molar-refractivity contribution >= 4 is 11.6 Å². The summed E-state index contributed by atoms with van der Waals surface area (Å²) in [6, 6.07) is 10.3. The average Bonchev–Trinajstić information content (AvgIpc) is 2.66. The van der Waals surface area contributed by atoms with Crippen LogP contribution < -0.4 is 19.5 Å². The summed E-state index contributed by atoms with van der Waals surface area (Å²) in [5.41, 5.74) is -0.835. The summed E-state index contributed by atoms with van der Waals surface area (Å²) in [5, 5.41) is 2.48. The zero-order valence-electron chi connectivity index (χ0n) is 16.3. The fraction of sp³-hybridized carbons (Fsp3) is 0.381. The molecule has 0 bridgehead atoms. The number of alkyl halides is 3. The minimum Gasteiger partial charge on any atom is -0.494 e. The molecule has 2 aromatic rings. The first-order valence-corrected chi connectivity index (χ1v) is 9.32. The Balaban J connectivity index is 1.84. The van der Waals surface area contributed by atoms with Crippen molar-refractivity contribution in [2.45, 2.75) is 32.9 Å². The van der Waals surface area contributed by atoms with E-state index in [9.17, 15) is 18.0 Å². The molecule has 0 unspecified atom stereocenters. The van der Waals surface area contributed by atoms with Crippen LogP contribution in [0.2, 0.25) is 0 Å². The van der Waals surface area contributed by atoms with Crippen molar-refractivity contribution in [3.05, 3.63) is 48.0 Å². The van der Waals surface area contributed by atoms with E-state index in [1.165, 1.54) is 6.07 Å². The van der Waals surface area contributed by atoms with Crippen molar-refractivity contribution < 1.29 is 32.2 Å². The molecule has 0 saturated heterocycles. The number of rotatable bonds is 10. The Morgan fingerprint density at radius 3 is 2.07 bits per heavy atom. The summed E-state index contributed by atoms with van der Waals surface area (Å²) >= 11 is 0. The molecule has 0 aliphatic rings. The molecule has 0 saturated carbocycles. The van der Waals surface area contributed by atoms with E-state index in [0.29, 0.717) is 25.4 Å². The van der Waals surface area contributed by atoms with Gasteiger partial charge in [0.25, 0.3) is 0 Å². The molecule has 0 spiro atoms. The molecule has 2 rings (SSSR count). The lowest BCUT2D eigenvalue weighted by Crippen LogP contribution is -2.14. The van der Waals surface area contributed by atoms with Crippen molar-refractivity contribution in [2.24, 2.45) is 0 Å². The van der Waals surface area contributed by atoms with Gasteiger partial charge in [0.1, 0.15) is 17.2 Å². The van der Waals surface area contributed by atoms with Crippen molar-refractivity contribution in [3.63, 3.8) is 0 Å². The first-order valence-electron chi connectivity index (χ1n) is 9.32. The topological polar surface area (TPSA) is 56.8 Å². The van der Waals surface area contributed by atoms with E-state index in [-0.39, 0.29) is 24.5 Å². The number of hydrogen-bond acceptors (Lipinski definition) is 4. The predicted octanol–water partition coefficient (Wildman–Crippen LogP) is 5.30. The van der Waals surface area contributed by atoms with Crippen LogP contribution in [0.25, 0.3) is 0 Å². The Bertz CT molecular complexity index is 792. The lowest BCUT2D eigenvalue weighted by molar-refractivity contribution is -0.137. The van der Waals surface area contributed by atoms with Crippen LogP contribution in [-0.2, 0) is 11.0 Å². The minimum atomic E-state index is -4.53. The highest BCUT2D eigenvalue weighted by atomic mass is 19.4. The van der Waals surface area contributed by atoms with Gasteiger partial charge in [-0.15, -0.1) is 0 Å². The predicted molar refractivity (Wildman–Crippen MR) is 104 cm³/mol. The largest absolute Gasteiger partial charge is 0.494 e. The molecule has 2 aromatic carbocycles. The van der Waals surface area contributed by atoms with E-state index < -0.39 is 17.6 Å². The van der Waals surface area contributed by atoms with Gasteiger partial charge in [-0.1, -0.05) is 0 Å². The molecular weight excluding hydrogens is 387 g/mol. The smallest absolute Gasteiger partial charge is 0.416 e. The normalized spacial score (nSPS) is 11.1. The highest BCUT2D eigenvalue weighted by Crippen LogP contribution is 2.34. The van der Waals surface area contributed by atoms with Gasteiger partial charge in [0, 0.05) is 18.2 Å². The number of anilines is 1. The van der Waals surface area contributed by atoms with Gasteiger partial charge < -0.3 is 19.5 Å². The summed E-state index contributed by atoms with van der Waals surface area (Å²) in [7, 11) is 0. The highest BCUT2D eigenvalue weighted by Gasteiger charge is 2.31. The molecule has 0 fully saturated rings. The van der Waals surface area contributed by atoms with Gasteiger partial charge >= 0.3 is 6.18 Å².